The van der Waals surface area contributed by atoms with E-state index >= 15 is 0 Å². The molecule has 0 bridgehead atoms. The van der Waals surface area contributed by atoms with Gasteiger partial charge in [0.2, 0.25) is 0 Å². The monoisotopic (exact) mass is 296 g/mol. The van der Waals surface area contributed by atoms with Crippen LogP contribution in [0.4, 0.5) is 10.1 Å². The van der Waals surface area contributed by atoms with Gasteiger partial charge in [-0.25, -0.2) is 4.39 Å². The number of aryl methyl sites for hydroxylation is 2. The number of anilines is 1. The Bertz CT molecular complexity index is 851. The highest BCUT2D eigenvalue weighted by Gasteiger charge is 2.13. The number of hydrogen-bond acceptors (Lipinski definition) is 1. The van der Waals surface area contributed by atoms with E-state index in [9.17, 15) is 9.18 Å². The molecule has 3 nitrogen and oxygen atoms in total. The number of aromatic amines is 1. The van der Waals surface area contributed by atoms with Gasteiger partial charge >= 0.3 is 0 Å². The molecule has 0 aliphatic rings. The maximum Gasteiger partial charge on any atom is 0.272 e. The lowest BCUT2D eigenvalue weighted by Crippen LogP contribution is -2.14. The number of carbonyl (C=O) groups excluding carboxylic acids is 1. The Morgan fingerprint density at radius 1 is 1.23 bits per heavy atom. The molecule has 4 heteroatoms. The standard InChI is InChI=1S/C18H17FN2O/c1-3-12-6-4-5-11(2)17(12)21-18(22)16-9-13-7-8-14(19)10-15(13)20-16/h4-10,20H,3H2,1-2H3,(H,21,22). The van der Waals surface area contributed by atoms with E-state index in [0.29, 0.717) is 11.2 Å². The molecule has 0 saturated carbocycles. The number of halogens is 1. The number of aromatic nitrogens is 1. The van der Waals surface area contributed by atoms with Gasteiger partial charge in [0.05, 0.1) is 0 Å². The predicted octanol–water partition coefficient (Wildman–Crippen LogP) is 4.43. The molecule has 112 valence electrons. The molecule has 1 aromatic heterocycles. The molecule has 0 radical (unpaired) electrons. The van der Waals surface area contributed by atoms with Crippen molar-refractivity contribution in [3.05, 3.63) is 65.1 Å². The van der Waals surface area contributed by atoms with Gasteiger partial charge in [-0.15, -0.1) is 0 Å². The van der Waals surface area contributed by atoms with Gasteiger partial charge < -0.3 is 10.3 Å². The van der Waals surface area contributed by atoms with Crippen molar-refractivity contribution in [2.24, 2.45) is 0 Å². The summed E-state index contributed by atoms with van der Waals surface area (Å²) in [6, 6.07) is 12.1. The van der Waals surface area contributed by atoms with E-state index in [0.717, 1.165) is 28.6 Å². The minimum atomic E-state index is -0.325. The summed E-state index contributed by atoms with van der Waals surface area (Å²) < 4.78 is 13.2. The molecule has 2 aromatic carbocycles. The molecule has 0 spiro atoms. The fraction of sp³-hybridized carbons (Fsp3) is 0.167. The minimum absolute atomic E-state index is 0.222. The van der Waals surface area contributed by atoms with Crippen LogP contribution in [0.2, 0.25) is 0 Å². The minimum Gasteiger partial charge on any atom is -0.350 e. The Labute approximate surface area is 128 Å². The first-order chi connectivity index (χ1) is 10.6. The molecule has 1 amide bonds. The van der Waals surface area contributed by atoms with E-state index in [1.807, 2.05) is 25.1 Å². The molecular formula is C18H17FN2O. The molecule has 0 atom stereocenters. The van der Waals surface area contributed by atoms with Gasteiger partial charge in [-0.2, -0.15) is 0 Å². The number of para-hydroxylation sites is 1. The fourth-order valence-corrected chi connectivity index (χ4v) is 2.60. The molecule has 3 rings (SSSR count). The molecule has 0 aliphatic heterocycles. The van der Waals surface area contributed by atoms with Crippen molar-refractivity contribution in [3.8, 4) is 0 Å². The summed E-state index contributed by atoms with van der Waals surface area (Å²) >= 11 is 0. The first kappa shape index (κ1) is 14.3. The Balaban J connectivity index is 1.93. The van der Waals surface area contributed by atoms with Crippen LogP contribution in [0.15, 0.2) is 42.5 Å². The summed E-state index contributed by atoms with van der Waals surface area (Å²) in [5.41, 5.74) is 4.00. The largest absolute Gasteiger partial charge is 0.350 e. The Kier molecular flexibility index (Phi) is 3.67. The molecule has 0 fully saturated rings. The summed E-state index contributed by atoms with van der Waals surface area (Å²) in [7, 11) is 0. The van der Waals surface area contributed by atoms with Gasteiger partial charge in [0.15, 0.2) is 0 Å². The van der Waals surface area contributed by atoms with Crippen LogP contribution in [0.3, 0.4) is 0 Å². The molecule has 3 aromatic rings. The van der Waals surface area contributed by atoms with Crippen LogP contribution in [0.25, 0.3) is 10.9 Å². The summed E-state index contributed by atoms with van der Waals surface area (Å²) in [6.45, 7) is 4.02. The zero-order chi connectivity index (χ0) is 15.7. The third kappa shape index (κ3) is 2.60. The van der Waals surface area contributed by atoms with E-state index in [-0.39, 0.29) is 11.7 Å². The highest BCUT2D eigenvalue weighted by molar-refractivity contribution is 6.06. The lowest BCUT2D eigenvalue weighted by Gasteiger charge is -2.12. The van der Waals surface area contributed by atoms with Crippen LogP contribution >= 0.6 is 0 Å². The topological polar surface area (TPSA) is 44.9 Å². The summed E-state index contributed by atoms with van der Waals surface area (Å²) in [4.78, 5) is 15.4. The highest BCUT2D eigenvalue weighted by atomic mass is 19.1. The lowest BCUT2D eigenvalue weighted by atomic mass is 10.1. The number of benzene rings is 2. The van der Waals surface area contributed by atoms with Gasteiger partial charge in [-0.1, -0.05) is 25.1 Å². The van der Waals surface area contributed by atoms with Gasteiger partial charge in [0.25, 0.3) is 5.91 Å². The molecule has 0 unspecified atom stereocenters. The zero-order valence-electron chi connectivity index (χ0n) is 12.5. The van der Waals surface area contributed by atoms with Crippen molar-refractivity contribution in [1.82, 2.24) is 4.98 Å². The third-order valence-electron chi connectivity index (χ3n) is 3.81. The molecule has 2 N–H and O–H groups in total. The molecule has 0 saturated heterocycles. The lowest BCUT2D eigenvalue weighted by molar-refractivity contribution is 0.102. The van der Waals surface area contributed by atoms with Crippen LogP contribution in [0, 0.1) is 12.7 Å². The number of fused-ring (bicyclic) bond motifs is 1. The Hall–Kier alpha value is -2.62. The van der Waals surface area contributed by atoms with Crippen molar-refractivity contribution in [2.45, 2.75) is 20.3 Å². The van der Waals surface area contributed by atoms with Crippen molar-refractivity contribution < 1.29 is 9.18 Å². The average Bonchev–Trinajstić information content (AvgIpc) is 2.92. The van der Waals surface area contributed by atoms with Crippen molar-refractivity contribution >= 4 is 22.5 Å². The first-order valence-corrected chi connectivity index (χ1v) is 7.26. The normalized spacial score (nSPS) is 10.9. The zero-order valence-corrected chi connectivity index (χ0v) is 12.5. The van der Waals surface area contributed by atoms with Gasteiger partial charge in [0.1, 0.15) is 11.5 Å². The smallest absolute Gasteiger partial charge is 0.272 e. The average molecular weight is 296 g/mol. The van der Waals surface area contributed by atoms with Crippen LogP contribution in [-0.4, -0.2) is 10.9 Å². The van der Waals surface area contributed by atoms with Crippen LogP contribution in [0.1, 0.15) is 28.5 Å². The van der Waals surface area contributed by atoms with Crippen LogP contribution in [0.5, 0.6) is 0 Å². The highest BCUT2D eigenvalue weighted by Crippen LogP contribution is 2.23. The van der Waals surface area contributed by atoms with E-state index in [1.54, 1.807) is 12.1 Å². The molecule has 1 heterocycles. The SMILES string of the molecule is CCc1cccc(C)c1NC(=O)c1cc2ccc(F)cc2[nH]1. The van der Waals surface area contributed by atoms with Crippen LogP contribution < -0.4 is 5.32 Å². The molecule has 0 aliphatic carbocycles. The van der Waals surface area contributed by atoms with Gasteiger partial charge in [-0.3, -0.25) is 4.79 Å². The number of carbonyl (C=O) groups is 1. The van der Waals surface area contributed by atoms with Gasteiger partial charge in [0, 0.05) is 16.6 Å². The second-order valence-corrected chi connectivity index (χ2v) is 5.33. The second-order valence-electron chi connectivity index (χ2n) is 5.33. The summed E-state index contributed by atoms with van der Waals surface area (Å²) in [5.74, 6) is -0.547. The Morgan fingerprint density at radius 3 is 2.82 bits per heavy atom. The number of hydrogen-bond donors (Lipinski definition) is 2. The molecular weight excluding hydrogens is 279 g/mol. The van der Waals surface area contributed by atoms with Crippen LogP contribution in [-0.2, 0) is 6.42 Å². The van der Waals surface area contributed by atoms with Gasteiger partial charge in [-0.05, 0) is 48.7 Å². The van der Waals surface area contributed by atoms with E-state index in [2.05, 4.69) is 17.2 Å². The number of amides is 1. The van der Waals surface area contributed by atoms with E-state index in [4.69, 9.17) is 0 Å². The quantitative estimate of drug-likeness (QED) is 0.738. The molecule has 22 heavy (non-hydrogen) atoms. The number of rotatable bonds is 3. The maximum absolute atomic E-state index is 13.2. The number of nitrogens with one attached hydrogen (secondary N) is 2. The van der Waals surface area contributed by atoms with E-state index in [1.165, 1.54) is 12.1 Å². The second kappa shape index (κ2) is 5.64. The fourth-order valence-electron chi connectivity index (χ4n) is 2.60. The number of H-pyrrole nitrogens is 1. The maximum atomic E-state index is 13.2. The van der Waals surface area contributed by atoms with Crippen molar-refractivity contribution in [1.29, 1.82) is 0 Å². The third-order valence-corrected chi connectivity index (χ3v) is 3.81. The Morgan fingerprint density at radius 2 is 2.05 bits per heavy atom. The van der Waals surface area contributed by atoms with E-state index < -0.39 is 0 Å². The first-order valence-electron chi connectivity index (χ1n) is 7.26. The summed E-state index contributed by atoms with van der Waals surface area (Å²) in [5, 5.41) is 3.77. The predicted molar refractivity (Wildman–Crippen MR) is 86.8 cm³/mol. The summed E-state index contributed by atoms with van der Waals surface area (Å²) in [6.07, 6.45) is 0.842. The van der Waals surface area contributed by atoms with Crippen molar-refractivity contribution in [2.75, 3.05) is 5.32 Å². The van der Waals surface area contributed by atoms with Crippen molar-refractivity contribution in [3.63, 3.8) is 0 Å².